The first-order chi connectivity index (χ1) is 9.65. The molecule has 0 aromatic heterocycles. The van der Waals surface area contributed by atoms with Crippen LogP contribution in [0.2, 0.25) is 0 Å². The van der Waals surface area contributed by atoms with Crippen LogP contribution >= 0.6 is 0 Å². The van der Waals surface area contributed by atoms with Crippen LogP contribution in [0.1, 0.15) is 34.6 Å². The van der Waals surface area contributed by atoms with Crippen LogP contribution in [0.15, 0.2) is 0 Å². The summed E-state index contributed by atoms with van der Waals surface area (Å²) in [5.74, 6) is 2.09. The molecule has 0 aliphatic carbocycles. The summed E-state index contributed by atoms with van der Waals surface area (Å²) in [6, 6.07) is -1.16. The van der Waals surface area contributed by atoms with Gasteiger partial charge in [-0.1, -0.05) is 5.92 Å². The number of rotatable bonds is 2. The molecular weight excluding hydrogens is 272 g/mol. The number of carbonyl (C=O) groups excluding carboxylic acids is 2. The third kappa shape index (κ3) is 4.94. The third-order valence-corrected chi connectivity index (χ3v) is 3.00. The standard InChI is InChI=1S/C15H24N2O4/c1-7-10(2)16-13(18)12-11(3)20-9-8-17(12)14(19)21-15(4,5)6/h1,10-12H,8-9H2,2-6H3,(H,16,18)/t10-,11+,12-/m0/s1. The number of hydrogen-bond donors (Lipinski definition) is 1. The van der Waals surface area contributed by atoms with Crippen LogP contribution in [0, 0.1) is 12.3 Å². The summed E-state index contributed by atoms with van der Waals surface area (Å²) in [6.07, 6.45) is 4.32. The lowest BCUT2D eigenvalue weighted by atomic mass is 10.1. The van der Waals surface area contributed by atoms with E-state index in [4.69, 9.17) is 15.9 Å². The minimum Gasteiger partial charge on any atom is -0.444 e. The zero-order valence-electron chi connectivity index (χ0n) is 13.3. The molecule has 0 aromatic carbocycles. The molecule has 2 amide bonds. The average Bonchev–Trinajstić information content (AvgIpc) is 2.35. The van der Waals surface area contributed by atoms with Crippen molar-refractivity contribution in [2.75, 3.05) is 13.2 Å². The molecule has 0 unspecified atom stereocenters. The van der Waals surface area contributed by atoms with Crippen LogP contribution in [-0.4, -0.2) is 53.8 Å². The summed E-state index contributed by atoms with van der Waals surface area (Å²) in [6.45, 7) is 9.47. The first-order valence-corrected chi connectivity index (χ1v) is 7.03. The van der Waals surface area contributed by atoms with Crippen molar-refractivity contribution in [1.82, 2.24) is 10.2 Å². The molecule has 1 aliphatic rings. The molecular formula is C15H24N2O4. The summed E-state index contributed by atoms with van der Waals surface area (Å²) in [5.41, 5.74) is -0.619. The molecule has 1 aliphatic heterocycles. The molecule has 118 valence electrons. The molecule has 0 aromatic rings. The highest BCUT2D eigenvalue weighted by atomic mass is 16.6. The number of nitrogens with one attached hydrogen (secondary N) is 1. The third-order valence-electron chi connectivity index (χ3n) is 3.00. The molecule has 1 saturated heterocycles. The Morgan fingerprint density at radius 3 is 2.62 bits per heavy atom. The fraction of sp³-hybridized carbons (Fsp3) is 0.733. The molecule has 1 rings (SSSR count). The number of terminal acetylenes is 1. The van der Waals surface area contributed by atoms with E-state index in [1.807, 2.05) is 0 Å². The van der Waals surface area contributed by atoms with Gasteiger partial charge in [-0.25, -0.2) is 4.79 Å². The van der Waals surface area contributed by atoms with Crippen molar-refractivity contribution in [3.8, 4) is 12.3 Å². The van der Waals surface area contributed by atoms with E-state index < -0.39 is 29.9 Å². The Labute approximate surface area is 126 Å². The highest BCUT2D eigenvalue weighted by Gasteiger charge is 2.40. The summed E-state index contributed by atoms with van der Waals surface area (Å²) in [7, 11) is 0. The van der Waals surface area contributed by atoms with Gasteiger partial charge in [-0.2, -0.15) is 0 Å². The Balaban J connectivity index is 2.86. The predicted molar refractivity (Wildman–Crippen MR) is 78.6 cm³/mol. The lowest BCUT2D eigenvalue weighted by Gasteiger charge is -2.39. The molecule has 0 bridgehead atoms. The van der Waals surface area contributed by atoms with E-state index >= 15 is 0 Å². The van der Waals surface area contributed by atoms with E-state index in [1.54, 1.807) is 34.6 Å². The second kappa shape index (κ2) is 6.81. The highest BCUT2D eigenvalue weighted by Crippen LogP contribution is 2.18. The number of amides is 2. The Kier molecular flexibility index (Phi) is 5.62. The van der Waals surface area contributed by atoms with Crippen molar-refractivity contribution in [3.05, 3.63) is 0 Å². The van der Waals surface area contributed by atoms with Crippen LogP contribution in [0.25, 0.3) is 0 Å². The number of hydrogen-bond acceptors (Lipinski definition) is 4. The van der Waals surface area contributed by atoms with Gasteiger partial charge in [0.25, 0.3) is 0 Å². The molecule has 3 atom stereocenters. The van der Waals surface area contributed by atoms with Gasteiger partial charge in [-0.05, 0) is 34.6 Å². The number of morpholine rings is 1. The Hall–Kier alpha value is -1.74. The lowest BCUT2D eigenvalue weighted by Crippen LogP contribution is -2.60. The minimum absolute atomic E-state index is 0.307. The highest BCUT2D eigenvalue weighted by molar-refractivity contribution is 5.87. The van der Waals surface area contributed by atoms with E-state index in [2.05, 4.69) is 11.2 Å². The SMILES string of the molecule is C#C[C@H](C)NC(=O)[C@@H]1[C@@H](C)OCCN1C(=O)OC(C)(C)C. The van der Waals surface area contributed by atoms with Crippen LogP contribution in [0.3, 0.4) is 0 Å². The largest absolute Gasteiger partial charge is 0.444 e. The Morgan fingerprint density at radius 2 is 2.10 bits per heavy atom. The molecule has 1 heterocycles. The zero-order chi connectivity index (χ0) is 16.2. The second-order valence-corrected chi connectivity index (χ2v) is 6.09. The van der Waals surface area contributed by atoms with Gasteiger partial charge >= 0.3 is 6.09 Å². The fourth-order valence-corrected chi connectivity index (χ4v) is 2.04. The first kappa shape index (κ1) is 17.3. The van der Waals surface area contributed by atoms with Crippen LogP contribution in [0.5, 0.6) is 0 Å². The first-order valence-electron chi connectivity index (χ1n) is 7.03. The van der Waals surface area contributed by atoms with E-state index in [-0.39, 0.29) is 5.91 Å². The van der Waals surface area contributed by atoms with E-state index in [9.17, 15) is 9.59 Å². The van der Waals surface area contributed by atoms with Gasteiger partial charge in [0, 0.05) is 6.54 Å². The molecule has 6 heteroatoms. The lowest BCUT2D eigenvalue weighted by molar-refractivity contribution is -0.138. The molecule has 1 N–H and O–H groups in total. The zero-order valence-corrected chi connectivity index (χ0v) is 13.3. The number of carbonyl (C=O) groups is 2. The minimum atomic E-state index is -0.746. The molecule has 0 saturated carbocycles. The van der Waals surface area contributed by atoms with Crippen LogP contribution in [0.4, 0.5) is 4.79 Å². The summed E-state index contributed by atoms with van der Waals surface area (Å²) < 4.78 is 10.8. The van der Waals surface area contributed by atoms with Crippen molar-refractivity contribution >= 4 is 12.0 Å². The van der Waals surface area contributed by atoms with Crippen molar-refractivity contribution in [3.63, 3.8) is 0 Å². The molecule has 6 nitrogen and oxygen atoms in total. The van der Waals surface area contributed by atoms with E-state index in [1.165, 1.54) is 4.90 Å². The van der Waals surface area contributed by atoms with Crippen LogP contribution in [-0.2, 0) is 14.3 Å². The maximum Gasteiger partial charge on any atom is 0.411 e. The number of ether oxygens (including phenoxy) is 2. The second-order valence-electron chi connectivity index (χ2n) is 6.09. The maximum absolute atomic E-state index is 12.3. The molecule has 1 fully saturated rings. The van der Waals surface area contributed by atoms with Gasteiger partial charge in [0.2, 0.25) is 5.91 Å². The van der Waals surface area contributed by atoms with Gasteiger partial charge in [0.1, 0.15) is 11.6 Å². The molecule has 21 heavy (non-hydrogen) atoms. The van der Waals surface area contributed by atoms with Crippen molar-refractivity contribution < 1.29 is 19.1 Å². The fourth-order valence-electron chi connectivity index (χ4n) is 2.04. The number of nitrogens with zero attached hydrogens (tertiary/aromatic N) is 1. The normalized spacial score (nSPS) is 23.9. The summed E-state index contributed by atoms with van der Waals surface area (Å²) in [4.78, 5) is 26.0. The van der Waals surface area contributed by atoms with Gasteiger partial charge in [0.15, 0.2) is 0 Å². The average molecular weight is 296 g/mol. The molecule has 0 radical (unpaired) electrons. The van der Waals surface area contributed by atoms with Gasteiger partial charge in [-0.3, -0.25) is 9.69 Å². The Morgan fingerprint density at radius 1 is 1.48 bits per heavy atom. The van der Waals surface area contributed by atoms with Crippen molar-refractivity contribution in [2.45, 2.75) is 58.4 Å². The molecule has 0 spiro atoms. The summed E-state index contributed by atoms with van der Waals surface area (Å²) >= 11 is 0. The van der Waals surface area contributed by atoms with Crippen LogP contribution < -0.4 is 5.32 Å². The predicted octanol–water partition coefficient (Wildman–Crippen LogP) is 1.15. The van der Waals surface area contributed by atoms with E-state index in [0.29, 0.717) is 13.2 Å². The van der Waals surface area contributed by atoms with Gasteiger partial charge < -0.3 is 14.8 Å². The van der Waals surface area contributed by atoms with Crippen molar-refractivity contribution in [2.24, 2.45) is 0 Å². The maximum atomic E-state index is 12.3. The monoisotopic (exact) mass is 296 g/mol. The Bertz CT molecular complexity index is 436. The van der Waals surface area contributed by atoms with Crippen molar-refractivity contribution in [1.29, 1.82) is 0 Å². The topological polar surface area (TPSA) is 67.9 Å². The van der Waals surface area contributed by atoms with Gasteiger partial charge in [-0.15, -0.1) is 6.42 Å². The quantitative estimate of drug-likeness (QED) is 0.776. The smallest absolute Gasteiger partial charge is 0.411 e. The summed E-state index contributed by atoms with van der Waals surface area (Å²) in [5, 5.41) is 2.67. The van der Waals surface area contributed by atoms with E-state index in [0.717, 1.165) is 0 Å². The van der Waals surface area contributed by atoms with Gasteiger partial charge in [0.05, 0.1) is 18.8 Å².